The molecule has 0 aliphatic carbocycles. The van der Waals surface area contributed by atoms with Crippen LogP contribution in [-0.2, 0) is 11.3 Å². The van der Waals surface area contributed by atoms with Gasteiger partial charge in [0.2, 0.25) is 0 Å². The fraction of sp³-hybridized carbons (Fsp3) is 0.364. The zero-order valence-electron chi connectivity index (χ0n) is 18.7. The van der Waals surface area contributed by atoms with E-state index in [1.54, 1.807) is 43.3 Å². The summed E-state index contributed by atoms with van der Waals surface area (Å²) in [6.07, 6.45) is 1.50. The van der Waals surface area contributed by atoms with Crippen molar-refractivity contribution in [3.05, 3.63) is 53.6 Å². The van der Waals surface area contributed by atoms with Gasteiger partial charge in [-0.05, 0) is 25.1 Å². The fourth-order valence-electron chi connectivity index (χ4n) is 3.55. The maximum Gasteiger partial charge on any atom is 0.327 e. The maximum atomic E-state index is 15.1. The average molecular weight is 458 g/mol. The monoisotopic (exact) mass is 458 g/mol. The number of nitrogens with zero attached hydrogens (tertiary/aromatic N) is 4. The fourth-order valence-corrected chi connectivity index (χ4v) is 3.55. The molecule has 2 aromatic rings. The van der Waals surface area contributed by atoms with Gasteiger partial charge in [0.15, 0.2) is 5.82 Å². The zero-order chi connectivity index (χ0) is 24.1. The predicted octanol–water partition coefficient (Wildman–Crippen LogP) is 2.43. The Morgan fingerprint density at radius 1 is 1.18 bits per heavy atom. The standard InChI is InChI=1S/C22H27FN6O4/c1-14-7-8-16(11-24-14)25-21(32)26-17-6-4-5-15(19(17)23)12-28-9-10-29(22(33)27(2)3)18(13-28)20(30)31/h4-8,11,18H,9-10,12-13H2,1-3H3,(H,30,31)(H2,25,26,32). The number of urea groups is 2. The Kier molecular flexibility index (Phi) is 7.44. The topological polar surface area (TPSA) is 118 Å². The minimum Gasteiger partial charge on any atom is -0.480 e. The number of halogens is 1. The molecule has 1 aromatic carbocycles. The lowest BCUT2D eigenvalue weighted by molar-refractivity contribution is -0.144. The Bertz CT molecular complexity index is 1030. The molecule has 176 valence electrons. The van der Waals surface area contributed by atoms with Crippen LogP contribution in [0.3, 0.4) is 0 Å². The van der Waals surface area contributed by atoms with Gasteiger partial charge < -0.3 is 25.5 Å². The largest absolute Gasteiger partial charge is 0.480 e. The molecule has 1 aromatic heterocycles. The first-order valence-corrected chi connectivity index (χ1v) is 10.4. The Hall–Kier alpha value is -3.73. The molecule has 1 aliphatic rings. The molecule has 1 fully saturated rings. The first kappa shape index (κ1) is 23.9. The van der Waals surface area contributed by atoms with E-state index in [0.29, 0.717) is 17.8 Å². The summed E-state index contributed by atoms with van der Waals surface area (Å²) in [5.41, 5.74) is 1.58. The summed E-state index contributed by atoms with van der Waals surface area (Å²) in [7, 11) is 3.12. The van der Waals surface area contributed by atoms with E-state index in [1.165, 1.54) is 22.1 Å². The van der Waals surface area contributed by atoms with E-state index in [1.807, 2.05) is 6.92 Å². The highest BCUT2D eigenvalue weighted by atomic mass is 19.1. The summed E-state index contributed by atoms with van der Waals surface area (Å²) >= 11 is 0. The number of piperazine rings is 1. The Balaban J connectivity index is 1.66. The summed E-state index contributed by atoms with van der Waals surface area (Å²) in [4.78, 5) is 44.8. The van der Waals surface area contributed by atoms with Gasteiger partial charge in [0.05, 0.1) is 17.6 Å². The van der Waals surface area contributed by atoms with Gasteiger partial charge in [-0.15, -0.1) is 0 Å². The number of amides is 4. The molecule has 11 heteroatoms. The molecule has 0 saturated carbocycles. The van der Waals surface area contributed by atoms with Gasteiger partial charge in [0, 0.05) is 51.5 Å². The number of aryl methyl sites for hydroxylation is 1. The van der Waals surface area contributed by atoms with Crippen LogP contribution in [0.1, 0.15) is 11.3 Å². The van der Waals surface area contributed by atoms with Crippen LogP contribution < -0.4 is 10.6 Å². The number of aliphatic carboxylic acids is 1. The van der Waals surface area contributed by atoms with Gasteiger partial charge in [-0.2, -0.15) is 0 Å². The number of pyridine rings is 1. The van der Waals surface area contributed by atoms with Crippen LogP contribution in [0.2, 0.25) is 0 Å². The Morgan fingerprint density at radius 2 is 1.94 bits per heavy atom. The Labute approximate surface area is 191 Å². The molecular weight excluding hydrogens is 431 g/mol. The first-order valence-electron chi connectivity index (χ1n) is 10.4. The van der Waals surface area contributed by atoms with E-state index < -0.39 is 23.9 Å². The van der Waals surface area contributed by atoms with Crippen LogP contribution in [-0.4, -0.2) is 82.6 Å². The second-order valence-corrected chi connectivity index (χ2v) is 8.01. The molecule has 0 bridgehead atoms. The van der Waals surface area contributed by atoms with Crippen molar-refractivity contribution in [1.82, 2.24) is 19.7 Å². The molecule has 0 radical (unpaired) electrons. The highest BCUT2D eigenvalue weighted by molar-refractivity contribution is 5.99. The van der Waals surface area contributed by atoms with E-state index in [0.717, 1.165) is 5.69 Å². The summed E-state index contributed by atoms with van der Waals surface area (Å²) in [5, 5.41) is 14.7. The van der Waals surface area contributed by atoms with Crippen LogP contribution in [0.5, 0.6) is 0 Å². The van der Waals surface area contributed by atoms with Crippen LogP contribution in [0.15, 0.2) is 36.5 Å². The SMILES string of the molecule is Cc1ccc(NC(=O)Nc2cccc(CN3CCN(C(=O)N(C)C)C(C(=O)O)C3)c2F)cn1. The van der Waals surface area contributed by atoms with Crippen molar-refractivity contribution < 1.29 is 23.9 Å². The molecule has 1 unspecified atom stereocenters. The van der Waals surface area contributed by atoms with Crippen molar-refractivity contribution in [1.29, 1.82) is 0 Å². The molecule has 33 heavy (non-hydrogen) atoms. The van der Waals surface area contributed by atoms with E-state index in [2.05, 4.69) is 15.6 Å². The van der Waals surface area contributed by atoms with Gasteiger partial charge in [-0.25, -0.2) is 18.8 Å². The van der Waals surface area contributed by atoms with E-state index in [4.69, 9.17) is 0 Å². The van der Waals surface area contributed by atoms with E-state index >= 15 is 4.39 Å². The Morgan fingerprint density at radius 3 is 2.58 bits per heavy atom. The van der Waals surface area contributed by atoms with Crippen molar-refractivity contribution in [3.8, 4) is 0 Å². The molecule has 4 amide bonds. The van der Waals surface area contributed by atoms with Gasteiger partial charge >= 0.3 is 18.0 Å². The molecular formula is C22H27FN6O4. The number of carboxylic acids is 1. The minimum atomic E-state index is -1.12. The molecule has 1 saturated heterocycles. The number of aromatic nitrogens is 1. The number of benzene rings is 1. The highest BCUT2D eigenvalue weighted by Crippen LogP contribution is 2.22. The minimum absolute atomic E-state index is 0.00118. The normalized spacial score (nSPS) is 16.2. The third-order valence-corrected chi connectivity index (χ3v) is 5.27. The predicted molar refractivity (Wildman–Crippen MR) is 121 cm³/mol. The summed E-state index contributed by atoms with van der Waals surface area (Å²) in [6, 6.07) is 6.04. The first-order chi connectivity index (χ1) is 15.7. The number of hydrogen-bond acceptors (Lipinski definition) is 5. The summed E-state index contributed by atoms with van der Waals surface area (Å²) in [6.45, 7) is 2.62. The number of anilines is 2. The number of hydrogen-bond donors (Lipinski definition) is 3. The molecule has 0 spiro atoms. The molecule has 3 N–H and O–H groups in total. The molecule has 2 heterocycles. The molecule has 3 rings (SSSR count). The second-order valence-electron chi connectivity index (χ2n) is 8.01. The van der Waals surface area contributed by atoms with E-state index in [9.17, 15) is 19.5 Å². The summed E-state index contributed by atoms with van der Waals surface area (Å²) < 4.78 is 15.1. The van der Waals surface area contributed by atoms with Crippen LogP contribution >= 0.6 is 0 Å². The smallest absolute Gasteiger partial charge is 0.327 e. The van der Waals surface area contributed by atoms with Crippen molar-refractivity contribution in [2.45, 2.75) is 19.5 Å². The second kappa shape index (κ2) is 10.3. The van der Waals surface area contributed by atoms with Crippen LogP contribution in [0.4, 0.5) is 25.4 Å². The van der Waals surface area contributed by atoms with Crippen LogP contribution in [0.25, 0.3) is 0 Å². The van der Waals surface area contributed by atoms with Crippen molar-refractivity contribution >= 4 is 29.4 Å². The van der Waals surface area contributed by atoms with Gasteiger partial charge in [0.1, 0.15) is 6.04 Å². The average Bonchev–Trinajstić information content (AvgIpc) is 2.77. The van der Waals surface area contributed by atoms with E-state index in [-0.39, 0.29) is 31.4 Å². The number of carbonyl (C=O) groups excluding carboxylic acids is 2. The highest BCUT2D eigenvalue weighted by Gasteiger charge is 2.36. The third-order valence-electron chi connectivity index (χ3n) is 5.27. The third kappa shape index (κ3) is 5.95. The lowest BCUT2D eigenvalue weighted by Crippen LogP contribution is -2.59. The lowest BCUT2D eigenvalue weighted by atomic mass is 10.1. The maximum absolute atomic E-state index is 15.1. The number of carboxylic acid groups (broad SMARTS) is 1. The lowest BCUT2D eigenvalue weighted by Gasteiger charge is -2.40. The van der Waals surface area contributed by atoms with Gasteiger partial charge in [0.25, 0.3) is 0 Å². The quantitative estimate of drug-likeness (QED) is 0.633. The molecule has 1 atom stereocenters. The van der Waals surface area contributed by atoms with Gasteiger partial charge in [-0.3, -0.25) is 9.88 Å². The molecule has 1 aliphatic heterocycles. The molecule has 10 nitrogen and oxygen atoms in total. The van der Waals surface area contributed by atoms with Crippen molar-refractivity contribution in [3.63, 3.8) is 0 Å². The van der Waals surface area contributed by atoms with Crippen molar-refractivity contribution in [2.24, 2.45) is 0 Å². The van der Waals surface area contributed by atoms with Gasteiger partial charge in [-0.1, -0.05) is 12.1 Å². The summed E-state index contributed by atoms with van der Waals surface area (Å²) in [5.74, 6) is -1.72. The number of rotatable bonds is 5. The number of carbonyl (C=O) groups is 3. The zero-order valence-corrected chi connectivity index (χ0v) is 18.7. The van der Waals surface area contributed by atoms with Crippen LogP contribution in [0, 0.1) is 12.7 Å². The number of nitrogens with one attached hydrogen (secondary N) is 2. The van der Waals surface area contributed by atoms with Crippen molar-refractivity contribution in [2.75, 3.05) is 44.4 Å².